The summed E-state index contributed by atoms with van der Waals surface area (Å²) in [5.74, 6) is 1.04. The summed E-state index contributed by atoms with van der Waals surface area (Å²) < 4.78 is 5.40. The molecule has 0 saturated carbocycles. The molecule has 0 bridgehead atoms. The Hall–Kier alpha value is -3.49. The first-order valence-electron chi connectivity index (χ1n) is 12.1. The number of ether oxygens (including phenoxy) is 1. The number of likely N-dealkylation sites (N-methyl/N-ethyl adjacent to an activating group) is 1. The first kappa shape index (κ1) is 27.1. The highest BCUT2D eigenvalue weighted by molar-refractivity contribution is 7.98. The number of hydrogen-bond acceptors (Lipinski definition) is 5. The van der Waals surface area contributed by atoms with Gasteiger partial charge in [-0.3, -0.25) is 4.79 Å². The second-order valence-electron chi connectivity index (χ2n) is 8.08. The highest BCUT2D eigenvalue weighted by atomic mass is 32.2. The number of rotatable bonds is 12. The first-order chi connectivity index (χ1) is 17.5. The van der Waals surface area contributed by atoms with Crippen molar-refractivity contribution in [2.24, 2.45) is 0 Å². The topological polar surface area (TPSA) is 82.7 Å². The van der Waals surface area contributed by atoms with Crippen molar-refractivity contribution < 1.29 is 14.3 Å². The molecule has 190 valence electrons. The fraction of sp³-hybridized carbons (Fsp3) is 0.286. The number of carbonyl (C=O) groups excluding carboxylic acids is 2. The smallest absolute Gasteiger partial charge is 0.323 e. The fourth-order valence-corrected chi connectivity index (χ4v) is 4.46. The lowest BCUT2D eigenvalue weighted by molar-refractivity contribution is 0.0946. The van der Waals surface area contributed by atoms with Crippen molar-refractivity contribution in [3.05, 3.63) is 83.9 Å². The Bertz CT molecular complexity index is 1120. The number of hydrogen-bond donors (Lipinski definition) is 3. The van der Waals surface area contributed by atoms with E-state index in [9.17, 15) is 9.59 Å². The minimum Gasteiger partial charge on any atom is -0.496 e. The van der Waals surface area contributed by atoms with Crippen LogP contribution in [-0.2, 0) is 5.75 Å². The SMILES string of the molecule is CCN(CC)CCNC(=O)c1ccc(NC(=O)Nc2ccc(CSc3ccccc3)cc2)cc1OC. The maximum absolute atomic E-state index is 12.6. The summed E-state index contributed by atoms with van der Waals surface area (Å²) in [6.07, 6.45) is 0. The molecule has 0 aliphatic carbocycles. The summed E-state index contributed by atoms with van der Waals surface area (Å²) in [6.45, 7) is 7.41. The molecular weight excluding hydrogens is 472 g/mol. The van der Waals surface area contributed by atoms with E-state index in [4.69, 9.17) is 4.74 Å². The summed E-state index contributed by atoms with van der Waals surface area (Å²) in [5.41, 5.74) is 2.81. The first-order valence-corrected chi connectivity index (χ1v) is 13.0. The number of thioether (sulfide) groups is 1. The number of carbonyl (C=O) groups is 2. The highest BCUT2D eigenvalue weighted by Gasteiger charge is 2.14. The summed E-state index contributed by atoms with van der Waals surface area (Å²) >= 11 is 1.77. The van der Waals surface area contributed by atoms with E-state index in [0.717, 1.165) is 25.4 Å². The molecule has 3 amide bonds. The lowest BCUT2D eigenvalue weighted by Gasteiger charge is -2.18. The zero-order chi connectivity index (χ0) is 25.8. The van der Waals surface area contributed by atoms with E-state index in [-0.39, 0.29) is 11.9 Å². The van der Waals surface area contributed by atoms with E-state index >= 15 is 0 Å². The maximum atomic E-state index is 12.6. The molecule has 3 N–H and O–H groups in total. The predicted octanol–water partition coefficient (Wildman–Crippen LogP) is 5.70. The monoisotopic (exact) mass is 506 g/mol. The van der Waals surface area contributed by atoms with Crippen LogP contribution in [0.1, 0.15) is 29.8 Å². The number of urea groups is 1. The zero-order valence-corrected chi connectivity index (χ0v) is 21.9. The van der Waals surface area contributed by atoms with E-state index in [1.807, 2.05) is 42.5 Å². The van der Waals surface area contributed by atoms with Crippen LogP contribution >= 0.6 is 11.8 Å². The number of benzene rings is 3. The van der Waals surface area contributed by atoms with Gasteiger partial charge in [0.25, 0.3) is 5.91 Å². The average molecular weight is 507 g/mol. The Morgan fingerprint density at radius 1 is 0.889 bits per heavy atom. The normalized spacial score (nSPS) is 10.7. The molecule has 0 heterocycles. The minimum atomic E-state index is -0.375. The van der Waals surface area contributed by atoms with Gasteiger partial charge in [0, 0.05) is 41.2 Å². The van der Waals surface area contributed by atoms with E-state index in [1.165, 1.54) is 17.6 Å². The molecule has 7 nitrogen and oxygen atoms in total. The maximum Gasteiger partial charge on any atom is 0.323 e. The second-order valence-corrected chi connectivity index (χ2v) is 9.12. The van der Waals surface area contributed by atoms with Gasteiger partial charge < -0.3 is 25.6 Å². The molecule has 0 saturated heterocycles. The Labute approximate surface area is 217 Å². The molecular formula is C28H34N4O3S. The molecule has 3 rings (SSSR count). The van der Waals surface area contributed by atoms with Crippen molar-refractivity contribution in [1.29, 1.82) is 0 Å². The van der Waals surface area contributed by atoms with Crippen LogP contribution in [0, 0.1) is 0 Å². The minimum absolute atomic E-state index is 0.208. The zero-order valence-electron chi connectivity index (χ0n) is 21.0. The lowest BCUT2D eigenvalue weighted by Crippen LogP contribution is -2.34. The molecule has 0 atom stereocenters. The largest absolute Gasteiger partial charge is 0.496 e. The van der Waals surface area contributed by atoms with Crippen LogP contribution in [0.15, 0.2) is 77.7 Å². The lowest BCUT2D eigenvalue weighted by atomic mass is 10.1. The molecule has 0 unspecified atom stereocenters. The predicted molar refractivity (Wildman–Crippen MR) is 148 cm³/mol. The Kier molecular flexibility index (Phi) is 10.7. The third kappa shape index (κ3) is 8.32. The van der Waals surface area contributed by atoms with Gasteiger partial charge in [-0.15, -0.1) is 11.8 Å². The van der Waals surface area contributed by atoms with Crippen LogP contribution < -0.4 is 20.7 Å². The number of nitrogens with zero attached hydrogens (tertiary/aromatic N) is 1. The molecule has 0 aromatic heterocycles. The highest BCUT2D eigenvalue weighted by Crippen LogP contribution is 2.25. The Morgan fingerprint density at radius 3 is 2.22 bits per heavy atom. The van der Waals surface area contributed by atoms with Crippen molar-refractivity contribution in [1.82, 2.24) is 10.2 Å². The van der Waals surface area contributed by atoms with Crippen LogP contribution in [0.5, 0.6) is 5.75 Å². The number of methoxy groups -OCH3 is 1. The third-order valence-corrected chi connectivity index (χ3v) is 6.76. The third-order valence-electron chi connectivity index (χ3n) is 5.67. The van der Waals surface area contributed by atoms with Crippen molar-refractivity contribution in [3.63, 3.8) is 0 Å². The summed E-state index contributed by atoms with van der Waals surface area (Å²) in [4.78, 5) is 28.6. The Balaban J connectivity index is 1.51. The molecule has 3 aromatic rings. The van der Waals surface area contributed by atoms with Crippen molar-refractivity contribution in [2.75, 3.05) is 43.9 Å². The number of amides is 3. The second kappa shape index (κ2) is 14.2. The van der Waals surface area contributed by atoms with Crippen molar-refractivity contribution >= 4 is 35.1 Å². The molecule has 0 aliphatic rings. The number of nitrogens with one attached hydrogen (secondary N) is 3. The van der Waals surface area contributed by atoms with E-state index in [2.05, 4.69) is 46.8 Å². The van der Waals surface area contributed by atoms with Gasteiger partial charge in [0.1, 0.15) is 5.75 Å². The molecule has 0 spiro atoms. The van der Waals surface area contributed by atoms with E-state index < -0.39 is 0 Å². The van der Waals surface area contributed by atoms with Crippen molar-refractivity contribution in [2.45, 2.75) is 24.5 Å². The standard InChI is InChI=1S/C28H34N4O3S/c1-4-32(5-2)18-17-29-27(33)25-16-15-23(19-26(25)35-3)31-28(34)30-22-13-11-21(12-14-22)20-36-24-9-7-6-8-10-24/h6-16,19H,4-5,17-18,20H2,1-3H3,(H,29,33)(H2,30,31,34). The van der Waals surface area contributed by atoms with Crippen LogP contribution in [0.2, 0.25) is 0 Å². The van der Waals surface area contributed by atoms with Gasteiger partial charge >= 0.3 is 6.03 Å². The molecule has 8 heteroatoms. The molecule has 0 radical (unpaired) electrons. The molecule has 3 aromatic carbocycles. The quantitative estimate of drug-likeness (QED) is 0.274. The van der Waals surface area contributed by atoms with Gasteiger partial charge in [0.15, 0.2) is 0 Å². The van der Waals surface area contributed by atoms with Crippen LogP contribution in [0.3, 0.4) is 0 Å². The molecule has 0 fully saturated rings. The summed E-state index contributed by atoms with van der Waals surface area (Å²) in [7, 11) is 1.50. The molecule has 36 heavy (non-hydrogen) atoms. The Morgan fingerprint density at radius 2 is 1.56 bits per heavy atom. The van der Waals surface area contributed by atoms with Gasteiger partial charge in [0.2, 0.25) is 0 Å². The average Bonchev–Trinajstić information content (AvgIpc) is 2.91. The van der Waals surface area contributed by atoms with Crippen LogP contribution in [0.4, 0.5) is 16.2 Å². The van der Waals surface area contributed by atoms with Crippen molar-refractivity contribution in [3.8, 4) is 5.75 Å². The van der Waals surface area contributed by atoms with Crippen LogP contribution in [-0.4, -0.2) is 50.1 Å². The van der Waals surface area contributed by atoms with E-state index in [1.54, 1.807) is 30.0 Å². The van der Waals surface area contributed by atoms with Gasteiger partial charge in [-0.05, 0) is 55.1 Å². The van der Waals surface area contributed by atoms with E-state index in [0.29, 0.717) is 29.2 Å². The van der Waals surface area contributed by atoms with Gasteiger partial charge in [-0.1, -0.05) is 44.2 Å². The van der Waals surface area contributed by atoms with Gasteiger partial charge in [-0.2, -0.15) is 0 Å². The number of anilines is 2. The fourth-order valence-electron chi connectivity index (χ4n) is 3.58. The molecule has 0 aliphatic heterocycles. The summed E-state index contributed by atoms with van der Waals surface area (Å²) in [6, 6.07) is 22.6. The summed E-state index contributed by atoms with van der Waals surface area (Å²) in [5, 5.41) is 8.55. The van der Waals surface area contributed by atoms with Crippen LogP contribution in [0.25, 0.3) is 0 Å². The van der Waals surface area contributed by atoms with Gasteiger partial charge in [-0.25, -0.2) is 4.79 Å². The van der Waals surface area contributed by atoms with Gasteiger partial charge in [0.05, 0.1) is 12.7 Å².